The number of benzene rings is 4. The van der Waals surface area contributed by atoms with Crippen molar-refractivity contribution in [1.82, 2.24) is 5.32 Å². The minimum absolute atomic E-state index is 0.0722. The zero-order chi connectivity index (χ0) is 27.8. The van der Waals surface area contributed by atoms with Crippen molar-refractivity contribution in [2.75, 3.05) is 16.6 Å². The number of amides is 1. The summed E-state index contributed by atoms with van der Waals surface area (Å²) in [6.45, 7) is 4.31. The van der Waals surface area contributed by atoms with Crippen LogP contribution in [0.3, 0.4) is 0 Å². The fraction of sp³-hybridized carbons (Fsp3) is 0.133. The minimum Gasteiger partial charge on any atom is -0.492 e. The van der Waals surface area contributed by atoms with Gasteiger partial charge in [0.1, 0.15) is 5.75 Å². The van der Waals surface area contributed by atoms with E-state index in [0.717, 1.165) is 16.7 Å². The predicted molar refractivity (Wildman–Crippen MR) is 159 cm³/mol. The van der Waals surface area contributed by atoms with Crippen LogP contribution >= 0.6 is 12.2 Å². The van der Waals surface area contributed by atoms with Crippen molar-refractivity contribution in [3.63, 3.8) is 0 Å². The second kappa shape index (κ2) is 12.6. The Morgan fingerprint density at radius 2 is 1.49 bits per heavy atom. The van der Waals surface area contributed by atoms with E-state index in [2.05, 4.69) is 15.4 Å². The molecule has 39 heavy (non-hydrogen) atoms. The molecule has 7 nitrogen and oxygen atoms in total. The van der Waals surface area contributed by atoms with Gasteiger partial charge in [0, 0.05) is 17.8 Å². The van der Waals surface area contributed by atoms with Crippen molar-refractivity contribution in [2.45, 2.75) is 25.2 Å². The Kier molecular flexibility index (Phi) is 8.96. The van der Waals surface area contributed by atoms with Crippen LogP contribution in [-0.2, 0) is 16.4 Å². The lowest BCUT2D eigenvalue weighted by Gasteiger charge is -2.14. The molecule has 1 amide bonds. The van der Waals surface area contributed by atoms with Crippen LogP contribution in [-0.4, -0.2) is 26.0 Å². The summed E-state index contributed by atoms with van der Waals surface area (Å²) in [4.78, 5) is 13.0. The first-order valence-electron chi connectivity index (χ1n) is 12.3. The number of sulfonamides is 1. The van der Waals surface area contributed by atoms with E-state index in [1.807, 2.05) is 50.2 Å². The predicted octanol–water partition coefficient (Wildman–Crippen LogP) is 5.85. The number of anilines is 2. The number of aryl methyl sites for hydroxylation is 2. The molecule has 0 aliphatic heterocycles. The van der Waals surface area contributed by atoms with Crippen LogP contribution in [0, 0.1) is 13.8 Å². The summed E-state index contributed by atoms with van der Waals surface area (Å²) in [5.41, 5.74) is 4.59. The van der Waals surface area contributed by atoms with Gasteiger partial charge in [0.05, 0.1) is 17.1 Å². The van der Waals surface area contributed by atoms with Crippen LogP contribution in [0.15, 0.2) is 102 Å². The number of thiocarbonyl (C=S) groups is 1. The van der Waals surface area contributed by atoms with Crippen LogP contribution in [0.25, 0.3) is 0 Å². The van der Waals surface area contributed by atoms with Crippen molar-refractivity contribution in [2.24, 2.45) is 0 Å². The molecular formula is C30H29N3O4S2. The second-order valence-corrected chi connectivity index (χ2v) is 11.0. The van der Waals surface area contributed by atoms with Gasteiger partial charge in [-0.15, -0.1) is 0 Å². The molecule has 0 radical (unpaired) electrons. The highest BCUT2D eigenvalue weighted by molar-refractivity contribution is 7.92. The third-order valence-electron chi connectivity index (χ3n) is 6.03. The summed E-state index contributed by atoms with van der Waals surface area (Å²) in [7, 11) is -3.77. The molecular weight excluding hydrogens is 530 g/mol. The van der Waals surface area contributed by atoms with Crippen LogP contribution < -0.4 is 20.1 Å². The summed E-state index contributed by atoms with van der Waals surface area (Å²) >= 11 is 5.31. The topological polar surface area (TPSA) is 96.5 Å². The van der Waals surface area contributed by atoms with Gasteiger partial charge in [-0.1, -0.05) is 48.5 Å². The maximum absolute atomic E-state index is 12.9. The zero-order valence-corrected chi connectivity index (χ0v) is 23.2. The van der Waals surface area contributed by atoms with E-state index in [4.69, 9.17) is 17.0 Å². The smallest absolute Gasteiger partial charge is 0.261 e. The summed E-state index contributed by atoms with van der Waals surface area (Å²) in [5.74, 6) is 0.0409. The van der Waals surface area contributed by atoms with Gasteiger partial charge in [-0.25, -0.2) is 8.42 Å². The highest BCUT2D eigenvalue weighted by Crippen LogP contribution is 2.21. The van der Waals surface area contributed by atoms with Crippen LogP contribution in [0.2, 0.25) is 0 Å². The molecule has 3 N–H and O–H groups in total. The molecule has 9 heteroatoms. The van der Waals surface area contributed by atoms with E-state index in [1.54, 1.807) is 48.5 Å². The molecule has 0 atom stereocenters. The molecule has 0 fully saturated rings. The molecule has 0 saturated carbocycles. The van der Waals surface area contributed by atoms with Crippen molar-refractivity contribution >= 4 is 44.6 Å². The maximum Gasteiger partial charge on any atom is 0.261 e. The van der Waals surface area contributed by atoms with Gasteiger partial charge in [-0.3, -0.25) is 14.8 Å². The molecule has 4 rings (SSSR count). The molecule has 4 aromatic rings. The average molecular weight is 560 g/mol. The highest BCUT2D eigenvalue weighted by Gasteiger charge is 2.16. The van der Waals surface area contributed by atoms with Gasteiger partial charge in [-0.2, -0.15) is 0 Å². The lowest BCUT2D eigenvalue weighted by Crippen LogP contribution is -2.34. The first kappa shape index (κ1) is 27.8. The summed E-state index contributed by atoms with van der Waals surface area (Å²) < 4.78 is 34.1. The molecule has 0 bridgehead atoms. The molecule has 200 valence electrons. The molecule has 0 spiro atoms. The first-order valence-corrected chi connectivity index (χ1v) is 14.2. The molecule has 0 saturated heterocycles. The van der Waals surface area contributed by atoms with Crippen molar-refractivity contribution in [3.05, 3.63) is 119 Å². The Labute approximate surface area is 234 Å². The summed E-state index contributed by atoms with van der Waals surface area (Å²) in [5, 5.41) is 5.64. The Bertz CT molecular complexity index is 1570. The monoisotopic (exact) mass is 559 g/mol. The number of rotatable bonds is 9. The van der Waals surface area contributed by atoms with Gasteiger partial charge < -0.3 is 10.1 Å². The van der Waals surface area contributed by atoms with E-state index in [9.17, 15) is 13.2 Å². The number of carbonyl (C=O) groups is 1. The first-order chi connectivity index (χ1) is 18.7. The normalized spacial score (nSPS) is 10.9. The van der Waals surface area contributed by atoms with Crippen LogP contribution in [0.4, 0.5) is 11.4 Å². The van der Waals surface area contributed by atoms with E-state index in [1.165, 1.54) is 12.1 Å². The highest BCUT2D eigenvalue weighted by atomic mass is 32.2. The lowest BCUT2D eigenvalue weighted by molar-refractivity contribution is 0.0974. The largest absolute Gasteiger partial charge is 0.492 e. The zero-order valence-electron chi connectivity index (χ0n) is 21.6. The average Bonchev–Trinajstić information content (AvgIpc) is 2.92. The van der Waals surface area contributed by atoms with Gasteiger partial charge in [-0.05, 0) is 91.3 Å². The van der Waals surface area contributed by atoms with Gasteiger partial charge in [0.2, 0.25) is 0 Å². The number of nitrogens with one attached hydrogen (secondary N) is 3. The quantitative estimate of drug-likeness (QED) is 0.223. The number of hydrogen-bond acceptors (Lipinski definition) is 5. The Morgan fingerprint density at radius 3 is 2.21 bits per heavy atom. The van der Waals surface area contributed by atoms with E-state index < -0.39 is 15.9 Å². The van der Waals surface area contributed by atoms with E-state index in [-0.39, 0.29) is 10.0 Å². The van der Waals surface area contributed by atoms with Crippen molar-refractivity contribution in [3.8, 4) is 5.75 Å². The minimum atomic E-state index is -3.77. The second-order valence-electron chi connectivity index (χ2n) is 8.92. The number of para-hydroxylation sites is 1. The lowest BCUT2D eigenvalue weighted by atomic mass is 10.1. The standard InChI is InChI=1S/C30H29N3O4S2/c1-21-12-13-25(20-22(21)2)33-39(35,36)26-16-14-24(15-17-26)31-30(38)32-29(34)27-10-6-7-11-28(27)37-19-18-23-8-4-3-5-9-23/h3-17,20,33H,18-19H2,1-2H3,(H2,31,32,34,38). The summed E-state index contributed by atoms with van der Waals surface area (Å²) in [6.07, 6.45) is 0.711. The fourth-order valence-electron chi connectivity index (χ4n) is 3.77. The van der Waals surface area contributed by atoms with Crippen LogP contribution in [0.5, 0.6) is 5.75 Å². The fourth-order valence-corrected chi connectivity index (χ4v) is 5.03. The molecule has 0 aromatic heterocycles. The third kappa shape index (κ3) is 7.66. The van der Waals surface area contributed by atoms with Crippen molar-refractivity contribution < 1.29 is 17.9 Å². The SMILES string of the molecule is Cc1ccc(NS(=O)(=O)c2ccc(NC(=S)NC(=O)c3ccccc3OCCc3ccccc3)cc2)cc1C. The Balaban J connectivity index is 1.34. The molecule has 0 aliphatic rings. The van der Waals surface area contributed by atoms with E-state index in [0.29, 0.717) is 35.7 Å². The maximum atomic E-state index is 12.9. The van der Waals surface area contributed by atoms with Gasteiger partial charge in [0.15, 0.2) is 5.11 Å². The third-order valence-corrected chi connectivity index (χ3v) is 7.63. The summed E-state index contributed by atoms with van der Waals surface area (Å²) in [6, 6.07) is 28.4. The Hall–Kier alpha value is -4.21. The molecule has 0 unspecified atom stereocenters. The molecule has 0 heterocycles. The van der Waals surface area contributed by atoms with Crippen molar-refractivity contribution in [1.29, 1.82) is 0 Å². The molecule has 4 aromatic carbocycles. The number of ether oxygens (including phenoxy) is 1. The number of carbonyl (C=O) groups excluding carboxylic acids is 1. The van der Waals surface area contributed by atoms with Gasteiger partial charge >= 0.3 is 0 Å². The van der Waals surface area contributed by atoms with E-state index >= 15 is 0 Å². The Morgan fingerprint density at radius 1 is 0.821 bits per heavy atom. The molecule has 0 aliphatic carbocycles. The number of hydrogen-bond donors (Lipinski definition) is 3. The van der Waals surface area contributed by atoms with Crippen LogP contribution in [0.1, 0.15) is 27.0 Å². The van der Waals surface area contributed by atoms with Gasteiger partial charge in [0.25, 0.3) is 15.9 Å².